The van der Waals surface area contributed by atoms with Crippen LogP contribution in [0.3, 0.4) is 0 Å². The first-order valence-electron chi connectivity index (χ1n) is 4.66. The zero-order chi connectivity index (χ0) is 12.0. The van der Waals surface area contributed by atoms with Crippen LogP contribution in [0.25, 0.3) is 0 Å². The van der Waals surface area contributed by atoms with E-state index in [2.05, 4.69) is 4.74 Å². The van der Waals surface area contributed by atoms with Gasteiger partial charge in [0.15, 0.2) is 5.78 Å². The van der Waals surface area contributed by atoms with Gasteiger partial charge in [-0.3, -0.25) is 4.79 Å². The average molecular weight is 220 g/mol. The van der Waals surface area contributed by atoms with Crippen molar-refractivity contribution in [3.05, 3.63) is 47.9 Å². The van der Waals surface area contributed by atoms with E-state index in [1.165, 1.54) is 14.0 Å². The van der Waals surface area contributed by atoms with E-state index in [1.807, 2.05) is 0 Å². The largest absolute Gasteiger partial charge is 0.500 e. The molecule has 4 nitrogen and oxygen atoms in total. The Morgan fingerprint density at radius 3 is 2.31 bits per heavy atom. The molecule has 4 heteroatoms. The third-order valence-corrected chi connectivity index (χ3v) is 1.78. The lowest BCUT2D eigenvalue weighted by Gasteiger charge is -2.04. The number of methoxy groups -OCH3 is 1. The van der Waals surface area contributed by atoms with Crippen LogP contribution in [0.15, 0.2) is 42.4 Å². The number of ketones is 1. The van der Waals surface area contributed by atoms with Crippen molar-refractivity contribution in [2.45, 2.75) is 6.92 Å². The summed E-state index contributed by atoms with van der Waals surface area (Å²) in [4.78, 5) is 22.6. The number of Topliss-reactive ketones (excluding diaryl/α,β-unsaturated/α-hetero) is 1. The number of allylic oxidation sites excluding steroid dienone is 1. The molecule has 0 atom stereocenters. The van der Waals surface area contributed by atoms with Crippen LogP contribution in [0.4, 0.5) is 0 Å². The predicted octanol–water partition coefficient (Wildman–Crippen LogP) is 1.92. The van der Waals surface area contributed by atoms with E-state index >= 15 is 0 Å². The maximum Gasteiger partial charge on any atom is 0.343 e. The molecule has 0 saturated heterocycles. The van der Waals surface area contributed by atoms with Gasteiger partial charge in [0, 0.05) is 6.92 Å². The van der Waals surface area contributed by atoms with Crippen molar-refractivity contribution in [3.63, 3.8) is 0 Å². The second-order valence-corrected chi connectivity index (χ2v) is 3.03. The molecule has 0 saturated carbocycles. The van der Waals surface area contributed by atoms with Crippen molar-refractivity contribution in [2.24, 2.45) is 0 Å². The monoisotopic (exact) mass is 220 g/mol. The Hall–Kier alpha value is -2.10. The zero-order valence-electron chi connectivity index (χ0n) is 9.10. The van der Waals surface area contributed by atoms with E-state index in [-0.39, 0.29) is 11.5 Å². The van der Waals surface area contributed by atoms with Crippen molar-refractivity contribution in [1.82, 2.24) is 0 Å². The SMILES string of the molecule is COC=C(OC(=O)c1ccccc1)C(C)=O. The Balaban J connectivity index is 2.78. The van der Waals surface area contributed by atoms with Gasteiger partial charge in [-0.15, -0.1) is 0 Å². The summed E-state index contributed by atoms with van der Waals surface area (Å²) < 4.78 is 9.53. The van der Waals surface area contributed by atoms with Crippen LogP contribution < -0.4 is 0 Å². The van der Waals surface area contributed by atoms with Crippen molar-refractivity contribution in [2.75, 3.05) is 7.11 Å². The lowest BCUT2D eigenvalue weighted by atomic mass is 10.2. The maximum atomic E-state index is 11.6. The second-order valence-electron chi connectivity index (χ2n) is 3.03. The first kappa shape index (κ1) is 12.0. The highest BCUT2D eigenvalue weighted by Crippen LogP contribution is 2.07. The highest BCUT2D eigenvalue weighted by atomic mass is 16.6. The van der Waals surface area contributed by atoms with Gasteiger partial charge in [0.2, 0.25) is 5.76 Å². The standard InChI is InChI=1S/C12H12O4/c1-9(13)11(8-15-2)16-12(14)10-6-4-3-5-7-10/h3-8H,1-2H3. The summed E-state index contributed by atoms with van der Waals surface area (Å²) in [6, 6.07) is 8.42. The number of hydrogen-bond acceptors (Lipinski definition) is 4. The summed E-state index contributed by atoms with van der Waals surface area (Å²) >= 11 is 0. The van der Waals surface area contributed by atoms with Crippen LogP contribution in [0, 0.1) is 0 Å². The summed E-state index contributed by atoms with van der Waals surface area (Å²) in [5.74, 6) is -1.07. The van der Waals surface area contributed by atoms with Gasteiger partial charge in [0.1, 0.15) is 6.26 Å². The van der Waals surface area contributed by atoms with E-state index in [4.69, 9.17) is 4.74 Å². The quantitative estimate of drug-likeness (QED) is 0.442. The minimum Gasteiger partial charge on any atom is -0.500 e. The predicted molar refractivity (Wildman–Crippen MR) is 57.6 cm³/mol. The summed E-state index contributed by atoms with van der Waals surface area (Å²) in [6.07, 6.45) is 1.10. The number of ether oxygens (including phenoxy) is 2. The molecule has 0 bridgehead atoms. The number of hydrogen-bond donors (Lipinski definition) is 0. The highest BCUT2D eigenvalue weighted by Gasteiger charge is 2.13. The van der Waals surface area contributed by atoms with Crippen LogP contribution in [0.1, 0.15) is 17.3 Å². The summed E-state index contributed by atoms with van der Waals surface area (Å²) in [5.41, 5.74) is 0.380. The fraction of sp³-hybridized carbons (Fsp3) is 0.167. The van der Waals surface area contributed by atoms with E-state index in [0.717, 1.165) is 6.26 Å². The van der Waals surface area contributed by atoms with Crippen molar-refractivity contribution in [3.8, 4) is 0 Å². The molecule has 0 heterocycles. The minimum absolute atomic E-state index is 0.114. The fourth-order valence-electron chi connectivity index (χ4n) is 1.02. The lowest BCUT2D eigenvalue weighted by Crippen LogP contribution is -2.10. The Kier molecular flexibility index (Phi) is 4.27. The van der Waals surface area contributed by atoms with Gasteiger partial charge in [-0.25, -0.2) is 4.79 Å². The number of esters is 1. The van der Waals surface area contributed by atoms with Crippen molar-refractivity contribution in [1.29, 1.82) is 0 Å². The molecule has 0 fully saturated rings. The van der Waals surface area contributed by atoms with Crippen LogP contribution in [-0.2, 0) is 14.3 Å². The third-order valence-electron chi connectivity index (χ3n) is 1.78. The fourth-order valence-corrected chi connectivity index (χ4v) is 1.02. The Bertz CT molecular complexity index is 406. The van der Waals surface area contributed by atoms with Gasteiger partial charge in [0.25, 0.3) is 0 Å². The molecule has 0 unspecified atom stereocenters. The molecule has 0 aliphatic carbocycles. The van der Waals surface area contributed by atoms with Crippen LogP contribution in [0.2, 0.25) is 0 Å². The summed E-state index contributed by atoms with van der Waals surface area (Å²) in [7, 11) is 1.37. The van der Waals surface area contributed by atoms with E-state index in [1.54, 1.807) is 30.3 Å². The van der Waals surface area contributed by atoms with Crippen LogP contribution in [-0.4, -0.2) is 18.9 Å². The Labute approximate surface area is 93.5 Å². The van der Waals surface area contributed by atoms with E-state index < -0.39 is 5.97 Å². The lowest BCUT2D eigenvalue weighted by molar-refractivity contribution is -0.116. The van der Waals surface area contributed by atoms with Crippen molar-refractivity contribution < 1.29 is 19.1 Å². The number of rotatable bonds is 4. The molecular weight excluding hydrogens is 208 g/mol. The second kappa shape index (κ2) is 5.70. The molecule has 1 rings (SSSR count). The molecule has 0 spiro atoms. The molecule has 0 N–H and O–H groups in total. The average Bonchev–Trinajstić information content (AvgIpc) is 2.29. The first-order valence-corrected chi connectivity index (χ1v) is 4.66. The molecule has 0 aromatic heterocycles. The molecule has 84 valence electrons. The summed E-state index contributed by atoms with van der Waals surface area (Å²) in [5, 5.41) is 0. The Morgan fingerprint density at radius 1 is 1.19 bits per heavy atom. The minimum atomic E-state index is -0.584. The van der Waals surface area contributed by atoms with Crippen LogP contribution >= 0.6 is 0 Å². The topological polar surface area (TPSA) is 52.6 Å². The maximum absolute atomic E-state index is 11.6. The molecule has 1 aromatic rings. The van der Waals surface area contributed by atoms with Gasteiger partial charge in [-0.2, -0.15) is 0 Å². The summed E-state index contributed by atoms with van der Waals surface area (Å²) in [6.45, 7) is 1.29. The first-order chi connectivity index (χ1) is 7.65. The van der Waals surface area contributed by atoms with Crippen molar-refractivity contribution >= 4 is 11.8 Å². The van der Waals surface area contributed by atoms with Gasteiger partial charge in [-0.1, -0.05) is 18.2 Å². The van der Waals surface area contributed by atoms with Gasteiger partial charge >= 0.3 is 5.97 Å². The molecule has 0 aliphatic rings. The van der Waals surface area contributed by atoms with Crippen LogP contribution in [0.5, 0.6) is 0 Å². The number of benzene rings is 1. The number of carbonyl (C=O) groups is 2. The van der Waals surface area contributed by atoms with Gasteiger partial charge in [0.05, 0.1) is 12.7 Å². The Morgan fingerprint density at radius 2 is 1.81 bits per heavy atom. The highest BCUT2D eigenvalue weighted by molar-refractivity contribution is 5.97. The van der Waals surface area contributed by atoms with Gasteiger partial charge < -0.3 is 9.47 Å². The molecule has 0 amide bonds. The van der Waals surface area contributed by atoms with E-state index in [9.17, 15) is 9.59 Å². The van der Waals surface area contributed by atoms with Gasteiger partial charge in [-0.05, 0) is 12.1 Å². The molecule has 16 heavy (non-hydrogen) atoms. The van der Waals surface area contributed by atoms with E-state index in [0.29, 0.717) is 5.56 Å². The molecule has 0 aliphatic heterocycles. The third kappa shape index (κ3) is 3.24. The normalized spacial score (nSPS) is 10.8. The number of carbonyl (C=O) groups excluding carboxylic acids is 2. The smallest absolute Gasteiger partial charge is 0.343 e. The zero-order valence-corrected chi connectivity index (χ0v) is 9.10. The molecule has 1 aromatic carbocycles. The molecular formula is C12H12O4. The molecule has 0 radical (unpaired) electrons.